The zero-order chi connectivity index (χ0) is 58.7. The average Bonchev–Trinajstić information content (AvgIpc) is 3.82. The number of benzene rings is 7. The number of halogens is 6. The number of rotatable bonds is 5. The van der Waals surface area contributed by atoms with Crippen LogP contribution in [-0.2, 0) is 21.7 Å². The van der Waals surface area contributed by atoms with Gasteiger partial charge >= 0.3 is 0 Å². The van der Waals surface area contributed by atoms with E-state index >= 15 is 0 Å². The van der Waals surface area contributed by atoms with Crippen LogP contribution in [0.3, 0.4) is 0 Å². The van der Waals surface area contributed by atoms with Gasteiger partial charge < -0.3 is 25.9 Å². The number of carbonyl (C=O) groups is 2. The Bertz CT molecular complexity index is 3300. The summed E-state index contributed by atoms with van der Waals surface area (Å²) < 4.78 is 15.5. The van der Waals surface area contributed by atoms with Gasteiger partial charge in [-0.25, -0.2) is 4.98 Å². The Labute approximate surface area is 509 Å². The Morgan fingerprint density at radius 3 is 1.41 bits per heavy atom. The van der Waals surface area contributed by atoms with Gasteiger partial charge in [0.25, 0.3) is 11.1 Å². The fraction of sp³-hybridized carbons (Fsp3) is 0.297. The molecule has 5 N–H and O–H groups in total. The third-order valence-electron chi connectivity index (χ3n) is 12.3. The SMILES string of the molecule is CC(C)(C)c1cc(Br)c(N)c(Br)c1.CC(C)(C)c1ccc(N)cc1.COc1ccccc1C(=O)Cl.Cc1ccccc1-c1nc2c(Br)cc(C(C)(C)C)cc2o1.Cc1ccccc1C(=O)Nc1c(Br)cc(C(C)(C)C)cc1Br. The summed E-state index contributed by atoms with van der Waals surface area (Å²) in [7, 11) is 1.50. The van der Waals surface area contributed by atoms with Gasteiger partial charge in [-0.2, -0.15) is 0 Å². The number of aromatic nitrogens is 1. The number of para-hydroxylation sites is 1. The summed E-state index contributed by atoms with van der Waals surface area (Å²) in [5, 5.41) is 2.48. The second kappa shape index (κ2) is 28.1. The Kier molecular flexibility index (Phi) is 23.7. The van der Waals surface area contributed by atoms with E-state index in [2.05, 4.69) is 235 Å². The first kappa shape index (κ1) is 65.8. The van der Waals surface area contributed by atoms with Gasteiger partial charge in [0, 0.05) is 39.2 Å². The standard InChI is InChI=1S/C18H19Br2NO.C18H18BrNO.C10H13Br2N.C10H15N.C8H7ClO2/c1-11-7-5-6-8-13(11)17(22)21-16-14(19)9-12(10-15(16)20)18(2,3)4;1-11-7-5-6-8-13(11)17-20-16-14(19)9-12(18(2,3)4)10-15(16)21-17;1-10(2,3)6-4-7(11)9(13)8(12)5-6;1-10(2,3)8-4-6-9(11)7-5-8;1-11-7-5-3-2-4-6(7)8(9)10/h5-10H,1-4H3,(H,21,22);5-10H,1-4H3;4-5H,13H2,1-3H3;4-7H,11H2,1-3H3;2-5H,1H3. The number of oxazole rings is 1. The summed E-state index contributed by atoms with van der Waals surface area (Å²) >= 11 is 22.9. The molecule has 0 radical (unpaired) electrons. The molecule has 0 aliphatic carbocycles. The minimum Gasteiger partial charge on any atom is -0.496 e. The molecule has 0 spiro atoms. The molecule has 414 valence electrons. The number of methoxy groups -OCH3 is 1. The summed E-state index contributed by atoms with van der Waals surface area (Å²) in [4.78, 5) is 27.8. The van der Waals surface area contributed by atoms with Crippen LogP contribution in [0.25, 0.3) is 22.6 Å². The van der Waals surface area contributed by atoms with Crippen LogP contribution in [-0.4, -0.2) is 23.2 Å². The van der Waals surface area contributed by atoms with Crippen molar-refractivity contribution in [1.29, 1.82) is 0 Å². The highest BCUT2D eigenvalue weighted by Gasteiger charge is 2.22. The van der Waals surface area contributed by atoms with Crippen molar-refractivity contribution in [2.24, 2.45) is 0 Å². The minimum absolute atomic E-state index is 0.0452. The molecule has 0 unspecified atom stereocenters. The lowest BCUT2D eigenvalue weighted by Crippen LogP contribution is -2.15. The molecule has 0 aliphatic heterocycles. The summed E-state index contributed by atoms with van der Waals surface area (Å²) in [6, 6.07) is 43.0. The fourth-order valence-corrected chi connectivity index (χ4v) is 10.5. The fourth-order valence-electron chi connectivity index (χ4n) is 7.29. The molecular formula is C64H72Br5ClN4O4. The van der Waals surface area contributed by atoms with Gasteiger partial charge in [0.2, 0.25) is 5.89 Å². The van der Waals surface area contributed by atoms with E-state index in [9.17, 15) is 9.59 Å². The van der Waals surface area contributed by atoms with Gasteiger partial charge in [0.05, 0.1) is 24.0 Å². The molecule has 8 nitrogen and oxygen atoms in total. The third kappa shape index (κ3) is 18.9. The number of ether oxygens (including phenoxy) is 1. The maximum Gasteiger partial charge on any atom is 0.256 e. The number of hydrogen-bond donors (Lipinski definition) is 3. The molecule has 0 saturated heterocycles. The number of nitrogens with zero attached hydrogens (tertiary/aromatic N) is 1. The first-order valence-corrected chi connectivity index (χ1v) is 29.4. The lowest BCUT2D eigenvalue weighted by atomic mass is 9.87. The summed E-state index contributed by atoms with van der Waals surface area (Å²) in [5.41, 5.74) is 25.2. The largest absolute Gasteiger partial charge is 0.496 e. The lowest BCUT2D eigenvalue weighted by Gasteiger charge is -2.21. The van der Waals surface area contributed by atoms with Crippen molar-refractivity contribution in [3.63, 3.8) is 0 Å². The first-order chi connectivity index (χ1) is 36.1. The van der Waals surface area contributed by atoms with Gasteiger partial charge in [-0.3, -0.25) is 9.59 Å². The van der Waals surface area contributed by atoms with Crippen LogP contribution in [0, 0.1) is 13.8 Å². The van der Waals surface area contributed by atoms with E-state index in [-0.39, 0.29) is 27.6 Å². The second-order valence-electron chi connectivity index (χ2n) is 22.7. The van der Waals surface area contributed by atoms with E-state index in [0.717, 1.165) is 67.2 Å². The molecular weight excluding hydrogens is 1320 g/mol. The molecule has 0 aliphatic rings. The minimum atomic E-state index is -0.498. The summed E-state index contributed by atoms with van der Waals surface area (Å²) in [6.45, 7) is 30.2. The highest BCUT2D eigenvalue weighted by Crippen LogP contribution is 2.38. The predicted octanol–water partition coefficient (Wildman–Crippen LogP) is 20.7. The van der Waals surface area contributed by atoms with Crippen molar-refractivity contribution < 1.29 is 18.7 Å². The Morgan fingerprint density at radius 2 is 0.962 bits per heavy atom. The smallest absolute Gasteiger partial charge is 0.256 e. The maximum absolute atomic E-state index is 12.5. The molecule has 78 heavy (non-hydrogen) atoms. The van der Waals surface area contributed by atoms with E-state index in [1.807, 2.05) is 61.5 Å². The first-order valence-electron chi connectivity index (χ1n) is 25.1. The van der Waals surface area contributed by atoms with Crippen molar-refractivity contribution in [3.05, 3.63) is 200 Å². The van der Waals surface area contributed by atoms with Crippen molar-refractivity contribution in [1.82, 2.24) is 4.98 Å². The van der Waals surface area contributed by atoms with E-state index in [1.165, 1.54) is 29.4 Å². The van der Waals surface area contributed by atoms with Crippen molar-refractivity contribution in [3.8, 4) is 17.2 Å². The monoisotopic (exact) mass is 1390 g/mol. The molecule has 0 saturated carbocycles. The average molecular weight is 1400 g/mol. The van der Waals surface area contributed by atoms with Gasteiger partial charge in [-0.05, 0) is 233 Å². The van der Waals surface area contributed by atoms with E-state index in [4.69, 9.17) is 32.2 Å². The van der Waals surface area contributed by atoms with Gasteiger partial charge in [0.1, 0.15) is 11.3 Å². The molecule has 0 fully saturated rings. The number of carbonyl (C=O) groups excluding carboxylic acids is 2. The Morgan fingerprint density at radius 1 is 0.538 bits per heavy atom. The highest BCUT2D eigenvalue weighted by atomic mass is 79.9. The van der Waals surface area contributed by atoms with Crippen molar-refractivity contribution in [2.75, 3.05) is 23.9 Å². The van der Waals surface area contributed by atoms with Gasteiger partial charge in [-0.1, -0.05) is 144 Å². The van der Waals surface area contributed by atoms with Crippen LogP contribution >= 0.6 is 91.3 Å². The Hall–Kier alpha value is -4.76. The number of nitrogen functional groups attached to an aromatic ring is 2. The number of hydrogen-bond acceptors (Lipinski definition) is 7. The van der Waals surface area contributed by atoms with Gasteiger partial charge in [-0.15, -0.1) is 0 Å². The molecule has 0 bridgehead atoms. The van der Waals surface area contributed by atoms with E-state index < -0.39 is 5.24 Å². The van der Waals surface area contributed by atoms with Gasteiger partial charge in [0.15, 0.2) is 5.58 Å². The van der Waals surface area contributed by atoms with Crippen LogP contribution in [0.4, 0.5) is 17.1 Å². The predicted molar refractivity (Wildman–Crippen MR) is 348 cm³/mol. The quantitative estimate of drug-likeness (QED) is 0.115. The van der Waals surface area contributed by atoms with Crippen LogP contribution in [0.1, 0.15) is 137 Å². The second-order valence-corrected chi connectivity index (χ2v) is 27.3. The van der Waals surface area contributed by atoms with Crippen LogP contribution in [0.15, 0.2) is 160 Å². The van der Waals surface area contributed by atoms with E-state index in [1.54, 1.807) is 24.3 Å². The van der Waals surface area contributed by atoms with Crippen molar-refractivity contribution in [2.45, 2.75) is 119 Å². The number of fused-ring (bicyclic) bond motifs is 1. The number of nitrogens with one attached hydrogen (secondary N) is 1. The van der Waals surface area contributed by atoms with Crippen LogP contribution in [0.2, 0.25) is 0 Å². The highest BCUT2D eigenvalue weighted by molar-refractivity contribution is 9.11. The molecule has 0 atom stereocenters. The molecule has 1 heterocycles. The maximum atomic E-state index is 12.5. The van der Waals surface area contributed by atoms with Crippen LogP contribution < -0.4 is 21.5 Å². The molecule has 7 aromatic carbocycles. The molecule has 14 heteroatoms. The Balaban J connectivity index is 0.000000217. The number of nitrogens with two attached hydrogens (primary N) is 2. The summed E-state index contributed by atoms with van der Waals surface area (Å²) in [6.07, 6.45) is 0. The lowest BCUT2D eigenvalue weighted by molar-refractivity contribution is 0.102. The van der Waals surface area contributed by atoms with E-state index in [0.29, 0.717) is 22.8 Å². The number of anilines is 3. The third-order valence-corrected chi connectivity index (χ3v) is 15.6. The number of aryl methyl sites for hydroxylation is 2. The zero-order valence-corrected chi connectivity index (χ0v) is 55.9. The van der Waals surface area contributed by atoms with Crippen LogP contribution in [0.5, 0.6) is 5.75 Å². The van der Waals surface area contributed by atoms with Crippen molar-refractivity contribution >= 4 is 131 Å². The topological polar surface area (TPSA) is 133 Å². The molecule has 1 amide bonds. The zero-order valence-electron chi connectivity index (χ0n) is 47.2. The molecule has 8 rings (SSSR count). The molecule has 8 aromatic rings. The summed E-state index contributed by atoms with van der Waals surface area (Å²) in [5.74, 6) is 1.07. The number of amides is 1. The normalized spacial score (nSPS) is 11.3. The molecule has 1 aromatic heterocycles.